The van der Waals surface area contributed by atoms with Gasteiger partial charge in [0.2, 0.25) is 0 Å². The topological polar surface area (TPSA) is 34.4 Å². The zero-order valence-electron chi connectivity index (χ0n) is 9.95. The summed E-state index contributed by atoms with van der Waals surface area (Å²) in [5.41, 5.74) is 2.44. The molecule has 0 aliphatic rings. The summed E-state index contributed by atoms with van der Waals surface area (Å²) in [7, 11) is 0. The summed E-state index contributed by atoms with van der Waals surface area (Å²) in [4.78, 5) is 16.8. The Hall–Kier alpha value is -0.810. The molecule has 0 spiro atoms. The number of pyridine rings is 1. The van der Waals surface area contributed by atoms with Crippen LogP contribution in [0.4, 0.5) is 0 Å². The lowest BCUT2D eigenvalue weighted by Gasteiger charge is -2.08. The maximum atomic E-state index is 12.2. The van der Waals surface area contributed by atoms with Crippen LogP contribution in [-0.2, 0) is 0 Å². The third kappa shape index (κ3) is 2.26. The maximum absolute atomic E-state index is 12.2. The van der Waals surface area contributed by atoms with Crippen LogP contribution in [-0.4, -0.2) is 15.1 Å². The molecule has 90 valence electrons. The number of aromatic nitrogens is 2. The van der Waals surface area contributed by atoms with Crippen LogP contribution in [0, 0.1) is 13.8 Å². The highest BCUT2D eigenvalue weighted by Gasteiger charge is 2.11. The van der Waals surface area contributed by atoms with Crippen LogP contribution in [0.1, 0.15) is 18.1 Å². The Kier molecular flexibility index (Phi) is 3.58. The van der Waals surface area contributed by atoms with E-state index in [4.69, 9.17) is 0 Å². The fourth-order valence-corrected chi connectivity index (χ4v) is 3.04. The number of aryl methyl sites for hydroxylation is 1. The highest BCUT2D eigenvalue weighted by molar-refractivity contribution is 9.10. The molecule has 5 heteroatoms. The van der Waals surface area contributed by atoms with Crippen LogP contribution in [0.3, 0.4) is 0 Å². The van der Waals surface area contributed by atoms with Crippen molar-refractivity contribution in [3.8, 4) is 0 Å². The molecule has 17 heavy (non-hydrogen) atoms. The Morgan fingerprint density at radius 3 is 2.82 bits per heavy atom. The van der Waals surface area contributed by atoms with Crippen LogP contribution >= 0.6 is 27.7 Å². The monoisotopic (exact) mass is 312 g/mol. The molecule has 3 nitrogen and oxygen atoms in total. The Balaban J connectivity index is 2.86. The predicted molar refractivity (Wildman–Crippen MR) is 75.0 cm³/mol. The summed E-state index contributed by atoms with van der Waals surface area (Å²) < 4.78 is 2.46. The van der Waals surface area contributed by atoms with Crippen molar-refractivity contribution < 1.29 is 0 Å². The van der Waals surface area contributed by atoms with Crippen molar-refractivity contribution in [2.24, 2.45) is 0 Å². The number of hydrogen-bond donors (Lipinski definition) is 0. The molecular formula is C12H13BrN2OS. The number of rotatable bonds is 2. The van der Waals surface area contributed by atoms with E-state index in [0.717, 1.165) is 20.8 Å². The van der Waals surface area contributed by atoms with Gasteiger partial charge in [0.15, 0.2) is 5.65 Å². The van der Waals surface area contributed by atoms with Gasteiger partial charge in [0.1, 0.15) is 5.03 Å². The van der Waals surface area contributed by atoms with Crippen molar-refractivity contribution in [1.29, 1.82) is 0 Å². The first-order valence-electron chi connectivity index (χ1n) is 5.36. The summed E-state index contributed by atoms with van der Waals surface area (Å²) in [6.07, 6.45) is 1.82. The van der Waals surface area contributed by atoms with E-state index in [-0.39, 0.29) is 5.56 Å². The van der Waals surface area contributed by atoms with E-state index in [1.165, 1.54) is 0 Å². The van der Waals surface area contributed by atoms with Gasteiger partial charge in [0.05, 0.1) is 4.47 Å². The second-order valence-corrected chi connectivity index (χ2v) is 5.95. The van der Waals surface area contributed by atoms with Gasteiger partial charge in [-0.05, 0) is 47.2 Å². The molecule has 2 aromatic heterocycles. The largest absolute Gasteiger partial charge is 0.269 e. The van der Waals surface area contributed by atoms with Crippen molar-refractivity contribution in [2.45, 2.75) is 25.8 Å². The second kappa shape index (κ2) is 4.82. The number of thioether (sulfide) groups is 1. The normalized spacial score (nSPS) is 11.1. The molecular weight excluding hydrogens is 300 g/mol. The molecule has 2 aromatic rings. The first kappa shape index (κ1) is 12.6. The lowest BCUT2D eigenvalue weighted by atomic mass is 10.3. The molecule has 0 aromatic carbocycles. The molecule has 0 unspecified atom stereocenters. The average molecular weight is 313 g/mol. The molecule has 0 fully saturated rings. The number of halogens is 1. The summed E-state index contributed by atoms with van der Waals surface area (Å²) in [5.74, 6) is 0.910. The molecule has 0 aliphatic heterocycles. The molecule has 0 radical (unpaired) electrons. The summed E-state index contributed by atoms with van der Waals surface area (Å²) >= 11 is 5.06. The maximum Gasteiger partial charge on any atom is 0.261 e. The van der Waals surface area contributed by atoms with Crippen molar-refractivity contribution in [2.75, 3.05) is 5.75 Å². The van der Waals surface area contributed by atoms with Gasteiger partial charge in [-0.25, -0.2) is 4.98 Å². The van der Waals surface area contributed by atoms with Crippen LogP contribution in [0.25, 0.3) is 5.65 Å². The van der Waals surface area contributed by atoms with Gasteiger partial charge in [-0.15, -0.1) is 11.8 Å². The quantitative estimate of drug-likeness (QED) is 0.631. The summed E-state index contributed by atoms with van der Waals surface area (Å²) in [6.45, 7) is 5.84. The first-order valence-corrected chi connectivity index (χ1v) is 7.14. The SMILES string of the molecule is CCSc1nc2c(Br)cc(C)cn2c(=O)c1C. The minimum Gasteiger partial charge on any atom is -0.269 e. The van der Waals surface area contributed by atoms with Crippen LogP contribution in [0.15, 0.2) is 26.6 Å². The highest BCUT2D eigenvalue weighted by Crippen LogP contribution is 2.22. The minimum atomic E-state index is 0.00958. The Labute approximate surface area is 112 Å². The molecule has 0 bridgehead atoms. The zero-order chi connectivity index (χ0) is 12.6. The van der Waals surface area contributed by atoms with Crippen molar-refractivity contribution in [3.63, 3.8) is 0 Å². The van der Waals surface area contributed by atoms with Gasteiger partial charge < -0.3 is 0 Å². The van der Waals surface area contributed by atoms with E-state index < -0.39 is 0 Å². The molecule has 2 rings (SSSR count). The van der Waals surface area contributed by atoms with E-state index in [2.05, 4.69) is 27.8 Å². The Morgan fingerprint density at radius 2 is 2.18 bits per heavy atom. The van der Waals surface area contributed by atoms with Gasteiger partial charge >= 0.3 is 0 Å². The standard InChI is InChI=1S/C12H13BrN2OS/c1-4-17-11-8(3)12(16)15-6-7(2)5-9(13)10(15)14-11/h5-6H,4H2,1-3H3. The molecule has 0 aliphatic carbocycles. The smallest absolute Gasteiger partial charge is 0.261 e. The van der Waals surface area contributed by atoms with Gasteiger partial charge in [-0.1, -0.05) is 6.92 Å². The lowest BCUT2D eigenvalue weighted by Crippen LogP contribution is -2.19. The van der Waals surface area contributed by atoms with Crippen molar-refractivity contribution >= 4 is 33.3 Å². The van der Waals surface area contributed by atoms with Gasteiger partial charge in [-0.2, -0.15) is 0 Å². The fraction of sp³-hybridized carbons (Fsp3) is 0.333. The Morgan fingerprint density at radius 1 is 1.47 bits per heavy atom. The van der Waals surface area contributed by atoms with Gasteiger partial charge in [0.25, 0.3) is 5.56 Å². The fourth-order valence-electron chi connectivity index (χ4n) is 1.67. The molecule has 0 saturated heterocycles. The predicted octanol–water partition coefficient (Wildman–Crippen LogP) is 3.19. The average Bonchev–Trinajstić information content (AvgIpc) is 2.27. The highest BCUT2D eigenvalue weighted by atomic mass is 79.9. The third-order valence-corrected chi connectivity index (χ3v) is 4.02. The van der Waals surface area contributed by atoms with E-state index in [1.54, 1.807) is 16.2 Å². The molecule has 0 N–H and O–H groups in total. The molecule has 2 heterocycles. The lowest BCUT2D eigenvalue weighted by molar-refractivity contribution is 0.936. The van der Waals surface area contributed by atoms with Crippen molar-refractivity contribution in [1.82, 2.24) is 9.38 Å². The van der Waals surface area contributed by atoms with E-state index in [1.807, 2.05) is 26.1 Å². The molecule has 0 saturated carbocycles. The Bertz CT molecular complexity index is 636. The van der Waals surface area contributed by atoms with Crippen LogP contribution in [0.5, 0.6) is 0 Å². The van der Waals surface area contributed by atoms with Crippen LogP contribution in [0.2, 0.25) is 0 Å². The van der Waals surface area contributed by atoms with Gasteiger partial charge in [-0.3, -0.25) is 9.20 Å². The van der Waals surface area contributed by atoms with E-state index in [0.29, 0.717) is 11.2 Å². The molecule has 0 amide bonds. The first-order chi connectivity index (χ1) is 8.04. The summed E-state index contributed by atoms with van der Waals surface area (Å²) in [5, 5.41) is 0.821. The zero-order valence-corrected chi connectivity index (χ0v) is 12.4. The number of hydrogen-bond acceptors (Lipinski definition) is 3. The summed E-state index contributed by atoms with van der Waals surface area (Å²) in [6, 6.07) is 1.97. The number of nitrogens with zero attached hydrogens (tertiary/aromatic N) is 2. The minimum absolute atomic E-state index is 0.00958. The van der Waals surface area contributed by atoms with Crippen molar-refractivity contribution in [3.05, 3.63) is 38.2 Å². The van der Waals surface area contributed by atoms with Gasteiger partial charge in [0, 0.05) is 11.8 Å². The molecule has 0 atom stereocenters. The number of fused-ring (bicyclic) bond motifs is 1. The second-order valence-electron chi connectivity index (χ2n) is 3.84. The third-order valence-electron chi connectivity index (χ3n) is 2.48. The van der Waals surface area contributed by atoms with E-state index >= 15 is 0 Å². The van der Waals surface area contributed by atoms with Crippen LogP contribution < -0.4 is 5.56 Å². The van der Waals surface area contributed by atoms with E-state index in [9.17, 15) is 4.79 Å².